The summed E-state index contributed by atoms with van der Waals surface area (Å²) in [5.41, 5.74) is 0.637. The van der Waals surface area contributed by atoms with Gasteiger partial charge in [0, 0.05) is 19.5 Å². The van der Waals surface area contributed by atoms with E-state index >= 15 is 0 Å². The van der Waals surface area contributed by atoms with E-state index in [1.165, 1.54) is 0 Å². The van der Waals surface area contributed by atoms with Crippen LogP contribution in [0.1, 0.15) is 41.0 Å². The molecule has 104 valence electrons. The summed E-state index contributed by atoms with van der Waals surface area (Å²) in [5, 5.41) is 6.89. The Morgan fingerprint density at radius 2 is 1.72 bits per heavy atom. The molecule has 2 rings (SSSR count). The predicted molar refractivity (Wildman–Crippen MR) is 70.1 cm³/mol. The third-order valence-electron chi connectivity index (χ3n) is 4.16. The summed E-state index contributed by atoms with van der Waals surface area (Å²) >= 11 is 0. The molecule has 1 amide bonds. The summed E-state index contributed by atoms with van der Waals surface area (Å²) < 4.78 is 0. The maximum Gasteiger partial charge on any atom is 0.290 e. The predicted octanol–water partition coefficient (Wildman–Crippen LogP) is 2.24. The smallest absolute Gasteiger partial charge is 0.290 e. The molecule has 4 heteroatoms. The number of hydrogen-bond acceptors (Lipinski definition) is 2. The summed E-state index contributed by atoms with van der Waals surface area (Å²) in [7, 11) is 0. The Balaban J connectivity index is 0.000000492. The maximum atomic E-state index is 12.0. The van der Waals surface area contributed by atoms with Crippen LogP contribution in [0.15, 0.2) is 0 Å². The highest BCUT2D eigenvalue weighted by Gasteiger charge is 2.62. The molecule has 1 aliphatic carbocycles. The second kappa shape index (κ2) is 4.90. The molecule has 1 saturated heterocycles. The first-order valence-corrected chi connectivity index (χ1v) is 6.49. The fourth-order valence-electron chi connectivity index (χ4n) is 2.90. The molecule has 18 heavy (non-hydrogen) atoms. The molecule has 4 nitrogen and oxygen atoms in total. The SMILES string of the molecule is CC(C)(C)CC(=O)N1CC2C(C1)C2(C)C.O=CO. The second-order valence-corrected chi connectivity index (χ2v) is 7.18. The first kappa shape index (κ1) is 15.0. The standard InChI is InChI=1S/C13H23NO.CH2O2/c1-12(2,3)6-11(15)14-7-9-10(8-14)13(9,4)5;2-1-3/h9-10H,6-8H2,1-5H3;1H,(H,2,3). The van der Waals surface area contributed by atoms with Gasteiger partial charge in [0.25, 0.3) is 6.47 Å². The normalized spacial score (nSPS) is 27.9. The van der Waals surface area contributed by atoms with Gasteiger partial charge in [-0.3, -0.25) is 9.59 Å². The lowest BCUT2D eigenvalue weighted by Gasteiger charge is -2.26. The van der Waals surface area contributed by atoms with Crippen molar-refractivity contribution < 1.29 is 14.7 Å². The molecule has 1 aliphatic heterocycles. The molecule has 0 aromatic heterocycles. The lowest BCUT2D eigenvalue weighted by Crippen LogP contribution is -2.35. The molecular formula is C14H25NO3. The zero-order chi connectivity index (χ0) is 14.1. The van der Waals surface area contributed by atoms with E-state index < -0.39 is 0 Å². The minimum Gasteiger partial charge on any atom is -0.483 e. The Bertz CT molecular complexity index is 316. The number of carboxylic acid groups (broad SMARTS) is 1. The minimum atomic E-state index is -0.250. The van der Waals surface area contributed by atoms with Gasteiger partial charge in [-0.15, -0.1) is 0 Å². The molecule has 0 aromatic rings. The van der Waals surface area contributed by atoms with Gasteiger partial charge in [0.2, 0.25) is 5.91 Å². The molecule has 2 atom stereocenters. The number of likely N-dealkylation sites (tertiary alicyclic amines) is 1. The quantitative estimate of drug-likeness (QED) is 0.731. The Morgan fingerprint density at radius 1 is 1.33 bits per heavy atom. The zero-order valence-corrected chi connectivity index (χ0v) is 12.1. The van der Waals surface area contributed by atoms with Crippen molar-refractivity contribution in [2.45, 2.75) is 41.0 Å². The monoisotopic (exact) mass is 255 g/mol. The molecule has 0 aromatic carbocycles. The van der Waals surface area contributed by atoms with Crippen LogP contribution >= 0.6 is 0 Å². The van der Waals surface area contributed by atoms with Gasteiger partial charge in [0.05, 0.1) is 0 Å². The van der Waals surface area contributed by atoms with Gasteiger partial charge in [-0.2, -0.15) is 0 Å². The molecule has 1 saturated carbocycles. The number of carbonyl (C=O) groups excluding carboxylic acids is 1. The van der Waals surface area contributed by atoms with E-state index in [9.17, 15) is 4.79 Å². The van der Waals surface area contributed by atoms with Crippen LogP contribution in [0.3, 0.4) is 0 Å². The van der Waals surface area contributed by atoms with Gasteiger partial charge in [-0.1, -0.05) is 34.6 Å². The average molecular weight is 255 g/mol. The Kier molecular flexibility index (Phi) is 4.08. The molecule has 2 aliphatic rings. The number of piperidine rings is 1. The van der Waals surface area contributed by atoms with Crippen LogP contribution < -0.4 is 0 Å². The first-order valence-electron chi connectivity index (χ1n) is 6.49. The fraction of sp³-hybridized carbons (Fsp3) is 0.857. The number of amides is 1. The second-order valence-electron chi connectivity index (χ2n) is 7.18. The first-order chi connectivity index (χ1) is 8.13. The van der Waals surface area contributed by atoms with Crippen LogP contribution in [0.25, 0.3) is 0 Å². The van der Waals surface area contributed by atoms with Crippen LogP contribution in [-0.4, -0.2) is 35.5 Å². The van der Waals surface area contributed by atoms with Crippen LogP contribution in [0.2, 0.25) is 0 Å². The number of carbonyl (C=O) groups is 2. The molecule has 2 unspecified atom stereocenters. The van der Waals surface area contributed by atoms with Gasteiger partial charge in [0.1, 0.15) is 0 Å². The molecular weight excluding hydrogens is 230 g/mol. The van der Waals surface area contributed by atoms with Gasteiger partial charge in [-0.25, -0.2) is 0 Å². The lowest BCUT2D eigenvalue weighted by molar-refractivity contribution is -0.132. The molecule has 0 radical (unpaired) electrons. The largest absolute Gasteiger partial charge is 0.483 e. The highest BCUT2D eigenvalue weighted by molar-refractivity contribution is 5.77. The van der Waals surface area contributed by atoms with Crippen molar-refractivity contribution in [1.82, 2.24) is 4.90 Å². The minimum absolute atomic E-state index is 0.124. The molecule has 1 heterocycles. The van der Waals surface area contributed by atoms with Crippen LogP contribution in [0.4, 0.5) is 0 Å². The highest BCUT2D eigenvalue weighted by atomic mass is 16.3. The third kappa shape index (κ3) is 3.24. The van der Waals surface area contributed by atoms with Crippen LogP contribution in [0, 0.1) is 22.7 Å². The highest BCUT2D eigenvalue weighted by Crippen LogP contribution is 2.62. The summed E-state index contributed by atoms with van der Waals surface area (Å²) in [6.45, 7) is 12.8. The summed E-state index contributed by atoms with van der Waals surface area (Å²) in [5.74, 6) is 1.91. The van der Waals surface area contributed by atoms with E-state index in [4.69, 9.17) is 9.90 Å². The fourth-order valence-corrected chi connectivity index (χ4v) is 2.90. The molecule has 0 bridgehead atoms. The molecule has 1 N–H and O–H groups in total. The number of fused-ring (bicyclic) bond motifs is 1. The Hall–Kier alpha value is -1.06. The van der Waals surface area contributed by atoms with Gasteiger partial charge in [-0.05, 0) is 22.7 Å². The van der Waals surface area contributed by atoms with Crippen molar-refractivity contribution in [3.05, 3.63) is 0 Å². The van der Waals surface area contributed by atoms with E-state index in [0.717, 1.165) is 24.9 Å². The zero-order valence-electron chi connectivity index (χ0n) is 12.1. The third-order valence-corrected chi connectivity index (χ3v) is 4.16. The molecule has 2 fully saturated rings. The van der Waals surface area contributed by atoms with Crippen molar-refractivity contribution in [3.8, 4) is 0 Å². The number of nitrogens with zero attached hydrogens (tertiary/aromatic N) is 1. The Labute approximate surface area is 109 Å². The maximum absolute atomic E-state index is 12.0. The summed E-state index contributed by atoms with van der Waals surface area (Å²) in [6.07, 6.45) is 0.687. The number of rotatable bonds is 1. The van der Waals surface area contributed by atoms with Crippen molar-refractivity contribution in [2.24, 2.45) is 22.7 Å². The molecule has 0 spiro atoms. The van der Waals surface area contributed by atoms with Gasteiger partial charge >= 0.3 is 0 Å². The van der Waals surface area contributed by atoms with E-state index in [1.807, 2.05) is 0 Å². The van der Waals surface area contributed by atoms with E-state index in [1.54, 1.807) is 0 Å². The lowest BCUT2D eigenvalue weighted by atomic mass is 9.91. The van der Waals surface area contributed by atoms with Crippen LogP contribution in [-0.2, 0) is 9.59 Å². The van der Waals surface area contributed by atoms with E-state index in [2.05, 4.69) is 39.5 Å². The van der Waals surface area contributed by atoms with Crippen molar-refractivity contribution in [3.63, 3.8) is 0 Å². The van der Waals surface area contributed by atoms with Crippen molar-refractivity contribution >= 4 is 12.4 Å². The number of hydrogen-bond donors (Lipinski definition) is 1. The summed E-state index contributed by atoms with van der Waals surface area (Å²) in [6, 6.07) is 0. The van der Waals surface area contributed by atoms with E-state index in [0.29, 0.717) is 17.7 Å². The average Bonchev–Trinajstić information content (AvgIpc) is 2.62. The van der Waals surface area contributed by atoms with Gasteiger partial charge in [0.15, 0.2) is 0 Å². The van der Waals surface area contributed by atoms with E-state index in [-0.39, 0.29) is 11.9 Å². The Morgan fingerprint density at radius 3 is 2.06 bits per heavy atom. The van der Waals surface area contributed by atoms with Crippen molar-refractivity contribution in [2.75, 3.05) is 13.1 Å². The van der Waals surface area contributed by atoms with Crippen molar-refractivity contribution in [1.29, 1.82) is 0 Å². The summed E-state index contributed by atoms with van der Waals surface area (Å²) in [4.78, 5) is 22.4. The van der Waals surface area contributed by atoms with Crippen LogP contribution in [0.5, 0.6) is 0 Å². The van der Waals surface area contributed by atoms with Gasteiger partial charge < -0.3 is 10.0 Å². The topological polar surface area (TPSA) is 57.6 Å².